The van der Waals surface area contributed by atoms with Gasteiger partial charge < -0.3 is 10.2 Å². The summed E-state index contributed by atoms with van der Waals surface area (Å²) in [7, 11) is 0. The number of aryl methyl sites for hydroxylation is 2. The first-order chi connectivity index (χ1) is 16.6. The maximum absolute atomic E-state index is 13.6. The SMILES string of the molecule is C[C@@H](c1nnc(SCC(=O)Nc2ccc3c(c2)CCC3)n1-c1ccc(F)cc1)[NH+]1CCCCC1. The van der Waals surface area contributed by atoms with Gasteiger partial charge >= 0.3 is 0 Å². The number of likely N-dealkylation sites (tertiary alicyclic amines) is 1. The topological polar surface area (TPSA) is 64.2 Å². The fraction of sp³-hybridized carbons (Fsp3) is 0.423. The van der Waals surface area contributed by atoms with Crippen LogP contribution in [0.2, 0.25) is 0 Å². The number of anilines is 1. The second-order valence-corrected chi connectivity index (χ2v) is 10.2. The van der Waals surface area contributed by atoms with Crippen molar-refractivity contribution in [1.82, 2.24) is 14.8 Å². The van der Waals surface area contributed by atoms with Crippen LogP contribution in [0, 0.1) is 5.82 Å². The summed E-state index contributed by atoms with van der Waals surface area (Å²) in [6.07, 6.45) is 7.10. The minimum Gasteiger partial charge on any atom is -0.326 e. The highest BCUT2D eigenvalue weighted by Gasteiger charge is 2.28. The third-order valence-corrected chi connectivity index (χ3v) is 7.88. The molecule has 0 bridgehead atoms. The van der Waals surface area contributed by atoms with Crippen LogP contribution in [-0.2, 0) is 17.6 Å². The Morgan fingerprint density at radius 3 is 2.62 bits per heavy atom. The molecule has 1 aromatic heterocycles. The van der Waals surface area contributed by atoms with Crippen LogP contribution in [0.15, 0.2) is 47.6 Å². The lowest BCUT2D eigenvalue weighted by atomic mass is 10.1. The number of thioether (sulfide) groups is 1. The largest absolute Gasteiger partial charge is 0.326 e. The van der Waals surface area contributed by atoms with Crippen molar-refractivity contribution in [3.63, 3.8) is 0 Å². The molecule has 178 valence electrons. The molecule has 2 N–H and O–H groups in total. The fourth-order valence-electron chi connectivity index (χ4n) is 5.09. The summed E-state index contributed by atoms with van der Waals surface area (Å²) in [6, 6.07) is 12.7. The van der Waals surface area contributed by atoms with Gasteiger partial charge in [0, 0.05) is 11.4 Å². The van der Waals surface area contributed by atoms with Crippen LogP contribution in [0.5, 0.6) is 0 Å². The molecule has 1 atom stereocenters. The van der Waals surface area contributed by atoms with E-state index in [9.17, 15) is 9.18 Å². The Kier molecular flexibility index (Phi) is 6.97. The third kappa shape index (κ3) is 5.03. The number of halogens is 1. The molecular formula is C26H31FN5OS+. The summed E-state index contributed by atoms with van der Waals surface area (Å²) in [4.78, 5) is 14.2. The van der Waals surface area contributed by atoms with Crippen molar-refractivity contribution in [2.75, 3.05) is 24.2 Å². The minimum atomic E-state index is -0.281. The first-order valence-electron chi connectivity index (χ1n) is 12.2. The molecule has 0 saturated carbocycles. The molecule has 6 nitrogen and oxygen atoms in total. The van der Waals surface area contributed by atoms with E-state index >= 15 is 0 Å². The van der Waals surface area contributed by atoms with Crippen LogP contribution < -0.4 is 10.2 Å². The molecule has 2 aliphatic rings. The Morgan fingerprint density at radius 2 is 1.82 bits per heavy atom. The molecule has 1 amide bonds. The third-order valence-electron chi connectivity index (χ3n) is 6.95. The molecule has 3 aromatic rings. The van der Waals surface area contributed by atoms with Crippen molar-refractivity contribution < 1.29 is 14.1 Å². The summed E-state index contributed by atoms with van der Waals surface area (Å²) in [5.74, 6) is 0.718. The lowest BCUT2D eigenvalue weighted by Gasteiger charge is -2.29. The van der Waals surface area contributed by atoms with Crippen molar-refractivity contribution in [2.45, 2.75) is 56.6 Å². The molecule has 0 radical (unpaired) electrons. The highest BCUT2D eigenvalue weighted by molar-refractivity contribution is 7.99. The molecule has 34 heavy (non-hydrogen) atoms. The summed E-state index contributed by atoms with van der Waals surface area (Å²) in [5.41, 5.74) is 4.37. The molecule has 1 saturated heterocycles. The number of hydrogen-bond acceptors (Lipinski definition) is 4. The number of aromatic nitrogens is 3. The maximum Gasteiger partial charge on any atom is 0.234 e. The number of nitrogens with one attached hydrogen (secondary N) is 2. The fourth-order valence-corrected chi connectivity index (χ4v) is 5.85. The van der Waals surface area contributed by atoms with E-state index in [1.54, 1.807) is 12.1 Å². The zero-order valence-electron chi connectivity index (χ0n) is 19.5. The molecule has 1 aliphatic carbocycles. The Balaban J connectivity index is 1.33. The number of quaternary nitrogens is 1. The van der Waals surface area contributed by atoms with Gasteiger partial charge in [-0.2, -0.15) is 0 Å². The first-order valence-corrected chi connectivity index (χ1v) is 13.2. The second kappa shape index (κ2) is 10.3. The van der Waals surface area contributed by atoms with Gasteiger partial charge in [0.1, 0.15) is 11.9 Å². The predicted molar refractivity (Wildman–Crippen MR) is 132 cm³/mol. The van der Waals surface area contributed by atoms with Crippen LogP contribution in [0.1, 0.15) is 55.6 Å². The van der Waals surface area contributed by atoms with Crippen molar-refractivity contribution >= 4 is 23.4 Å². The van der Waals surface area contributed by atoms with Gasteiger partial charge in [0.2, 0.25) is 5.91 Å². The van der Waals surface area contributed by atoms with Crippen molar-refractivity contribution in [3.8, 4) is 5.69 Å². The Hall–Kier alpha value is -2.71. The molecule has 0 unspecified atom stereocenters. The summed E-state index contributed by atoms with van der Waals surface area (Å²) in [5, 5.41) is 12.6. The van der Waals surface area contributed by atoms with E-state index in [-0.39, 0.29) is 23.5 Å². The quantitative estimate of drug-likeness (QED) is 0.506. The molecule has 1 aliphatic heterocycles. The van der Waals surface area contributed by atoms with Gasteiger partial charge in [0.25, 0.3) is 0 Å². The summed E-state index contributed by atoms with van der Waals surface area (Å²) < 4.78 is 15.6. The number of hydrogen-bond donors (Lipinski definition) is 2. The van der Waals surface area contributed by atoms with Crippen LogP contribution in [0.4, 0.5) is 10.1 Å². The van der Waals surface area contributed by atoms with Gasteiger partial charge in [-0.05, 0) is 93.0 Å². The number of carbonyl (C=O) groups is 1. The highest BCUT2D eigenvalue weighted by atomic mass is 32.2. The monoisotopic (exact) mass is 480 g/mol. The molecule has 2 heterocycles. The van der Waals surface area contributed by atoms with E-state index in [1.165, 1.54) is 65.6 Å². The van der Waals surface area contributed by atoms with Crippen LogP contribution in [-0.4, -0.2) is 39.5 Å². The summed E-state index contributed by atoms with van der Waals surface area (Å²) in [6.45, 7) is 4.41. The van der Waals surface area contributed by atoms with Crippen molar-refractivity contribution in [2.24, 2.45) is 0 Å². The zero-order valence-corrected chi connectivity index (χ0v) is 20.3. The Morgan fingerprint density at radius 1 is 1.06 bits per heavy atom. The van der Waals surface area contributed by atoms with Crippen LogP contribution in [0.25, 0.3) is 5.69 Å². The van der Waals surface area contributed by atoms with E-state index in [0.29, 0.717) is 5.16 Å². The zero-order chi connectivity index (χ0) is 23.5. The number of fused-ring (bicyclic) bond motifs is 1. The van der Waals surface area contributed by atoms with Gasteiger partial charge in [-0.1, -0.05) is 17.8 Å². The molecule has 1 fully saturated rings. The Bertz CT molecular complexity index is 1160. The van der Waals surface area contributed by atoms with Gasteiger partial charge in [-0.15, -0.1) is 10.2 Å². The Labute approximate surface area is 203 Å². The molecule has 0 spiro atoms. The van der Waals surface area contributed by atoms with Gasteiger partial charge in [-0.3, -0.25) is 9.36 Å². The number of carbonyl (C=O) groups excluding carboxylic acids is 1. The van der Waals surface area contributed by atoms with E-state index in [2.05, 4.69) is 34.6 Å². The van der Waals surface area contributed by atoms with E-state index in [1.807, 2.05) is 10.6 Å². The molecular weight excluding hydrogens is 449 g/mol. The average Bonchev–Trinajstić information content (AvgIpc) is 3.50. The lowest BCUT2D eigenvalue weighted by Crippen LogP contribution is -3.12. The standard InChI is InChI=1S/C26H30FN5OS/c1-18(31-14-3-2-4-15-31)25-29-30-26(32(25)23-12-9-21(27)10-13-23)34-17-24(33)28-22-11-8-19-6-5-7-20(19)16-22/h8-13,16,18H,2-7,14-15,17H2,1H3,(H,28,33)/p+1/t18-/m0/s1. The maximum atomic E-state index is 13.6. The van der Waals surface area contributed by atoms with Crippen molar-refractivity contribution in [1.29, 1.82) is 0 Å². The van der Waals surface area contributed by atoms with Crippen molar-refractivity contribution in [3.05, 3.63) is 65.2 Å². The molecule has 5 rings (SSSR count). The number of amides is 1. The number of benzene rings is 2. The van der Waals surface area contributed by atoms with E-state index in [4.69, 9.17) is 0 Å². The van der Waals surface area contributed by atoms with E-state index < -0.39 is 0 Å². The normalized spacial score (nSPS) is 16.9. The summed E-state index contributed by atoms with van der Waals surface area (Å²) >= 11 is 1.36. The lowest BCUT2D eigenvalue weighted by molar-refractivity contribution is -0.935. The van der Waals surface area contributed by atoms with Gasteiger partial charge in [-0.25, -0.2) is 4.39 Å². The van der Waals surface area contributed by atoms with Gasteiger partial charge in [0.15, 0.2) is 11.0 Å². The number of rotatable bonds is 7. The first kappa shape index (κ1) is 23.1. The number of piperidine rings is 1. The highest BCUT2D eigenvalue weighted by Crippen LogP contribution is 2.27. The predicted octanol–water partition coefficient (Wildman–Crippen LogP) is 3.76. The smallest absolute Gasteiger partial charge is 0.234 e. The van der Waals surface area contributed by atoms with Gasteiger partial charge in [0.05, 0.1) is 18.8 Å². The van der Waals surface area contributed by atoms with E-state index in [0.717, 1.165) is 43.1 Å². The second-order valence-electron chi connectivity index (χ2n) is 9.27. The molecule has 2 aromatic carbocycles. The number of nitrogens with zero attached hydrogens (tertiary/aromatic N) is 3. The minimum absolute atomic E-state index is 0.0761. The van der Waals surface area contributed by atoms with Crippen LogP contribution in [0.3, 0.4) is 0 Å². The van der Waals surface area contributed by atoms with Crippen LogP contribution >= 0.6 is 11.8 Å². The molecule has 8 heteroatoms. The average molecular weight is 481 g/mol.